The minimum absolute atomic E-state index is 0.0722. The van der Waals surface area contributed by atoms with Crippen LogP contribution in [0.15, 0.2) is 29.3 Å². The van der Waals surface area contributed by atoms with Crippen molar-refractivity contribution in [3.63, 3.8) is 0 Å². The normalized spacial score (nSPS) is 11.4. The number of nitrogens with zero attached hydrogens (tertiary/aromatic N) is 2. The molecule has 0 spiro atoms. The van der Waals surface area contributed by atoms with Gasteiger partial charge in [-0.15, -0.1) is 0 Å². The molecular weight excluding hydrogens is 341 g/mol. The standard InChI is InChI=1S/C11H9Cl2N3O4S/c1-16-10(7(5-14-16)11(17)18)15-21(19,20)6-2-3-8(12)9(13)4-6/h2-5,15H,1H3,(H,17,18). The molecule has 10 heteroatoms. The van der Waals surface area contributed by atoms with Crippen LogP contribution in [0, 0.1) is 0 Å². The average molecular weight is 350 g/mol. The summed E-state index contributed by atoms with van der Waals surface area (Å²) in [5, 5.41) is 13.0. The molecule has 0 radical (unpaired) electrons. The summed E-state index contributed by atoms with van der Waals surface area (Å²) in [5.74, 6) is -1.46. The Morgan fingerprint density at radius 2 is 2.00 bits per heavy atom. The number of carboxylic acid groups (broad SMARTS) is 1. The fraction of sp³-hybridized carbons (Fsp3) is 0.0909. The van der Waals surface area contributed by atoms with Gasteiger partial charge in [0.05, 0.1) is 21.1 Å². The number of benzene rings is 1. The lowest BCUT2D eigenvalue weighted by atomic mass is 10.3. The molecule has 0 aliphatic heterocycles. The fourth-order valence-electron chi connectivity index (χ4n) is 1.55. The van der Waals surface area contributed by atoms with Gasteiger partial charge in [0.15, 0.2) is 5.82 Å². The molecule has 2 N–H and O–H groups in total. The topological polar surface area (TPSA) is 101 Å². The van der Waals surface area contributed by atoms with Gasteiger partial charge in [-0.05, 0) is 18.2 Å². The number of carboxylic acids is 1. The highest BCUT2D eigenvalue weighted by atomic mass is 35.5. The maximum Gasteiger partial charge on any atom is 0.341 e. The fourth-order valence-corrected chi connectivity index (χ4v) is 3.04. The summed E-state index contributed by atoms with van der Waals surface area (Å²) in [6.45, 7) is 0. The zero-order valence-corrected chi connectivity index (χ0v) is 12.9. The molecule has 1 aromatic heterocycles. The number of aryl methyl sites for hydroxylation is 1. The highest BCUT2D eigenvalue weighted by molar-refractivity contribution is 7.92. The van der Waals surface area contributed by atoms with Gasteiger partial charge in [0.2, 0.25) is 0 Å². The minimum atomic E-state index is -4.02. The van der Waals surface area contributed by atoms with Crippen LogP contribution in [-0.2, 0) is 17.1 Å². The molecule has 2 aromatic rings. The van der Waals surface area contributed by atoms with Crippen LogP contribution >= 0.6 is 23.2 Å². The van der Waals surface area contributed by atoms with Crippen LogP contribution in [0.2, 0.25) is 10.0 Å². The predicted molar refractivity (Wildman–Crippen MR) is 77.4 cm³/mol. The van der Waals surface area contributed by atoms with Crippen molar-refractivity contribution < 1.29 is 18.3 Å². The number of halogens is 2. The van der Waals surface area contributed by atoms with E-state index in [1.165, 1.54) is 25.2 Å². The van der Waals surface area contributed by atoms with Gasteiger partial charge in [0.1, 0.15) is 5.56 Å². The van der Waals surface area contributed by atoms with E-state index in [1.807, 2.05) is 0 Å². The first-order chi connectivity index (χ1) is 9.72. The largest absolute Gasteiger partial charge is 0.477 e. The van der Waals surface area contributed by atoms with Crippen LogP contribution in [0.25, 0.3) is 0 Å². The molecule has 0 unspecified atom stereocenters. The molecule has 0 saturated carbocycles. The van der Waals surface area contributed by atoms with Gasteiger partial charge in [-0.2, -0.15) is 5.10 Å². The second-order valence-electron chi connectivity index (χ2n) is 4.02. The number of carbonyl (C=O) groups is 1. The van der Waals surface area contributed by atoms with E-state index < -0.39 is 16.0 Å². The van der Waals surface area contributed by atoms with Crippen molar-refractivity contribution in [2.75, 3.05) is 4.72 Å². The minimum Gasteiger partial charge on any atom is -0.477 e. The van der Waals surface area contributed by atoms with Gasteiger partial charge in [0.25, 0.3) is 10.0 Å². The third kappa shape index (κ3) is 3.12. The Hall–Kier alpha value is -1.77. The lowest BCUT2D eigenvalue weighted by Gasteiger charge is -2.10. The summed E-state index contributed by atoms with van der Waals surface area (Å²) >= 11 is 11.5. The molecule has 0 bridgehead atoms. The molecule has 112 valence electrons. The Morgan fingerprint density at radius 3 is 2.57 bits per heavy atom. The Morgan fingerprint density at radius 1 is 1.33 bits per heavy atom. The molecule has 1 heterocycles. The van der Waals surface area contributed by atoms with Crippen LogP contribution < -0.4 is 4.72 Å². The second-order valence-corrected chi connectivity index (χ2v) is 6.51. The number of aromatic carboxylic acids is 1. The van der Waals surface area contributed by atoms with Crippen LogP contribution in [0.1, 0.15) is 10.4 Å². The summed E-state index contributed by atoms with van der Waals surface area (Å²) in [5.41, 5.74) is -0.263. The van der Waals surface area contributed by atoms with Crippen molar-refractivity contribution in [1.29, 1.82) is 0 Å². The zero-order chi connectivity index (χ0) is 15.8. The first-order valence-electron chi connectivity index (χ1n) is 5.45. The summed E-state index contributed by atoms with van der Waals surface area (Å²) in [6, 6.07) is 3.76. The van der Waals surface area contributed by atoms with E-state index in [0.29, 0.717) is 0 Å². The summed E-state index contributed by atoms with van der Waals surface area (Å²) < 4.78 is 27.8. The highest BCUT2D eigenvalue weighted by Gasteiger charge is 2.22. The summed E-state index contributed by atoms with van der Waals surface area (Å²) in [6.07, 6.45) is 1.05. The predicted octanol–water partition coefficient (Wildman–Crippen LogP) is 2.23. The van der Waals surface area contributed by atoms with Crippen LogP contribution in [0.5, 0.6) is 0 Å². The molecule has 1 aromatic carbocycles. The second kappa shape index (κ2) is 5.55. The van der Waals surface area contributed by atoms with E-state index in [4.69, 9.17) is 28.3 Å². The summed E-state index contributed by atoms with van der Waals surface area (Å²) in [7, 11) is -2.60. The first-order valence-corrected chi connectivity index (χ1v) is 7.69. The third-order valence-electron chi connectivity index (χ3n) is 2.60. The van der Waals surface area contributed by atoms with E-state index >= 15 is 0 Å². The van der Waals surface area contributed by atoms with E-state index in [2.05, 4.69) is 9.82 Å². The lowest BCUT2D eigenvalue weighted by molar-refractivity contribution is 0.0698. The molecule has 0 atom stereocenters. The maximum atomic E-state index is 12.2. The van der Waals surface area contributed by atoms with Gasteiger partial charge >= 0.3 is 5.97 Å². The number of sulfonamides is 1. The molecule has 7 nitrogen and oxygen atoms in total. The van der Waals surface area contributed by atoms with Crippen LogP contribution in [0.3, 0.4) is 0 Å². The van der Waals surface area contributed by atoms with Gasteiger partial charge in [0, 0.05) is 7.05 Å². The molecule has 0 amide bonds. The Balaban J connectivity index is 2.44. The van der Waals surface area contributed by atoms with Crippen molar-refractivity contribution in [3.8, 4) is 0 Å². The van der Waals surface area contributed by atoms with Gasteiger partial charge < -0.3 is 5.11 Å². The van der Waals surface area contributed by atoms with E-state index in [-0.39, 0.29) is 26.3 Å². The SMILES string of the molecule is Cn1ncc(C(=O)O)c1NS(=O)(=O)c1ccc(Cl)c(Cl)c1. The quantitative estimate of drug-likeness (QED) is 0.881. The Labute approximate surface area is 130 Å². The molecule has 0 fully saturated rings. The smallest absolute Gasteiger partial charge is 0.341 e. The number of hydrogen-bond donors (Lipinski definition) is 2. The Kier molecular flexibility index (Phi) is 4.13. The van der Waals surface area contributed by atoms with Crippen molar-refractivity contribution in [3.05, 3.63) is 40.0 Å². The number of aromatic nitrogens is 2. The zero-order valence-electron chi connectivity index (χ0n) is 10.5. The van der Waals surface area contributed by atoms with Crippen molar-refractivity contribution in [2.24, 2.45) is 7.05 Å². The van der Waals surface area contributed by atoms with Crippen molar-refractivity contribution in [2.45, 2.75) is 4.90 Å². The van der Waals surface area contributed by atoms with E-state index in [9.17, 15) is 13.2 Å². The first kappa shape index (κ1) is 15.6. The molecular formula is C11H9Cl2N3O4S. The molecule has 0 saturated heterocycles. The lowest BCUT2D eigenvalue weighted by Crippen LogP contribution is -2.17. The Bertz CT molecular complexity index is 817. The summed E-state index contributed by atoms with van der Waals surface area (Å²) in [4.78, 5) is 10.9. The number of nitrogens with one attached hydrogen (secondary N) is 1. The number of anilines is 1. The third-order valence-corrected chi connectivity index (χ3v) is 4.68. The van der Waals surface area contributed by atoms with E-state index in [0.717, 1.165) is 10.9 Å². The van der Waals surface area contributed by atoms with Gasteiger partial charge in [-0.3, -0.25) is 9.40 Å². The highest BCUT2D eigenvalue weighted by Crippen LogP contribution is 2.26. The maximum absolute atomic E-state index is 12.2. The molecule has 0 aliphatic rings. The van der Waals surface area contributed by atoms with E-state index in [1.54, 1.807) is 0 Å². The van der Waals surface area contributed by atoms with Crippen molar-refractivity contribution >= 4 is 45.0 Å². The average Bonchev–Trinajstić information content (AvgIpc) is 2.74. The molecule has 21 heavy (non-hydrogen) atoms. The van der Waals surface area contributed by atoms with Crippen LogP contribution in [-0.4, -0.2) is 29.3 Å². The number of hydrogen-bond acceptors (Lipinski definition) is 4. The van der Waals surface area contributed by atoms with Gasteiger partial charge in [-0.25, -0.2) is 13.2 Å². The molecule has 2 rings (SSSR count). The van der Waals surface area contributed by atoms with Crippen molar-refractivity contribution in [1.82, 2.24) is 9.78 Å². The molecule has 0 aliphatic carbocycles. The van der Waals surface area contributed by atoms with Gasteiger partial charge in [-0.1, -0.05) is 23.2 Å². The monoisotopic (exact) mass is 349 g/mol. The number of rotatable bonds is 4. The van der Waals surface area contributed by atoms with Crippen LogP contribution in [0.4, 0.5) is 5.82 Å².